The molecule has 2 rings (SSSR count). The molecule has 0 aromatic heterocycles. The van der Waals surface area contributed by atoms with Crippen LogP contribution >= 0.6 is 0 Å². The number of benzene rings is 1. The Hall–Kier alpha value is -1.35. The summed E-state index contributed by atoms with van der Waals surface area (Å²) in [5.41, 5.74) is 1.80. The summed E-state index contributed by atoms with van der Waals surface area (Å²) in [4.78, 5) is 14.5. The zero-order valence-electron chi connectivity index (χ0n) is 12.1. The number of carbonyl (C=O) groups excluding carboxylic acids is 1. The van der Waals surface area contributed by atoms with Gasteiger partial charge in [0, 0.05) is 5.56 Å². The summed E-state index contributed by atoms with van der Waals surface area (Å²) in [6, 6.07) is 5.66. The molecule has 1 aromatic rings. The fourth-order valence-electron chi connectivity index (χ4n) is 2.57. The smallest absolute Gasteiger partial charge is 0.176 e. The Kier molecular flexibility index (Phi) is 4.59. The number of hydrogen-bond donors (Lipinski definition) is 0. The quantitative estimate of drug-likeness (QED) is 0.780. The lowest BCUT2D eigenvalue weighted by atomic mass is 9.98. The second-order valence-corrected chi connectivity index (χ2v) is 5.57. The van der Waals surface area contributed by atoms with E-state index in [4.69, 9.17) is 4.74 Å². The number of aryl methyl sites for hydroxylation is 1. The van der Waals surface area contributed by atoms with Crippen molar-refractivity contribution in [3.8, 4) is 5.75 Å². The summed E-state index contributed by atoms with van der Waals surface area (Å²) in [6.45, 7) is 6.88. The molecule has 1 fully saturated rings. The average Bonchev–Trinajstić information content (AvgIpc) is 2.41. The Balaban J connectivity index is 1.98. The molecule has 0 atom stereocenters. The molecule has 0 saturated carbocycles. The van der Waals surface area contributed by atoms with Gasteiger partial charge in [-0.2, -0.15) is 0 Å². The van der Waals surface area contributed by atoms with Crippen LogP contribution in [0.2, 0.25) is 0 Å². The second-order valence-electron chi connectivity index (χ2n) is 5.57. The number of piperidine rings is 1. The van der Waals surface area contributed by atoms with Gasteiger partial charge in [0.1, 0.15) is 5.75 Å². The Labute approximate surface area is 115 Å². The Morgan fingerprint density at radius 2 is 2.05 bits per heavy atom. The molecule has 1 heterocycles. The summed E-state index contributed by atoms with van der Waals surface area (Å²) in [6.07, 6.45) is 2.41. The number of nitrogens with zero attached hydrogens (tertiary/aromatic N) is 1. The molecule has 0 aliphatic carbocycles. The van der Waals surface area contributed by atoms with Crippen LogP contribution < -0.4 is 4.74 Å². The van der Waals surface area contributed by atoms with Gasteiger partial charge in [-0.3, -0.25) is 9.69 Å². The number of methoxy groups -OCH3 is 1. The number of carbonyl (C=O) groups is 1. The van der Waals surface area contributed by atoms with Gasteiger partial charge in [-0.25, -0.2) is 0 Å². The van der Waals surface area contributed by atoms with Crippen molar-refractivity contribution in [1.29, 1.82) is 0 Å². The molecule has 0 unspecified atom stereocenters. The summed E-state index contributed by atoms with van der Waals surface area (Å²) in [7, 11) is 1.65. The lowest BCUT2D eigenvalue weighted by Crippen LogP contribution is -2.36. The number of rotatable bonds is 4. The molecule has 0 amide bonds. The summed E-state index contributed by atoms with van der Waals surface area (Å²) in [5.74, 6) is 1.85. The summed E-state index contributed by atoms with van der Waals surface area (Å²) < 4.78 is 5.22. The van der Waals surface area contributed by atoms with E-state index in [0.717, 1.165) is 35.9 Å². The van der Waals surface area contributed by atoms with E-state index in [9.17, 15) is 4.79 Å². The normalized spacial score (nSPS) is 17.4. The molecule has 3 nitrogen and oxygen atoms in total. The second kappa shape index (κ2) is 6.20. The van der Waals surface area contributed by atoms with Crippen LogP contribution in [0.15, 0.2) is 18.2 Å². The largest absolute Gasteiger partial charge is 0.496 e. The third-order valence-electron chi connectivity index (χ3n) is 3.96. The minimum Gasteiger partial charge on any atom is -0.496 e. The van der Waals surface area contributed by atoms with Crippen LogP contribution in [0.3, 0.4) is 0 Å². The van der Waals surface area contributed by atoms with E-state index in [1.54, 1.807) is 7.11 Å². The van der Waals surface area contributed by atoms with Crippen LogP contribution in [-0.4, -0.2) is 37.4 Å². The molecule has 104 valence electrons. The Bertz CT molecular complexity index is 448. The first kappa shape index (κ1) is 14.1. The maximum Gasteiger partial charge on any atom is 0.176 e. The van der Waals surface area contributed by atoms with Crippen LogP contribution in [0.25, 0.3) is 0 Å². The van der Waals surface area contributed by atoms with Crippen LogP contribution in [0.4, 0.5) is 0 Å². The standard InChI is InChI=1S/C16H23NO2/c1-12-6-8-17(9-7-12)11-15(18)14-4-5-16(19-3)13(2)10-14/h4-5,10,12H,6-9,11H2,1-3H3. The highest BCUT2D eigenvalue weighted by atomic mass is 16.5. The first-order valence-electron chi connectivity index (χ1n) is 7.00. The van der Waals surface area contributed by atoms with Gasteiger partial charge in [-0.15, -0.1) is 0 Å². The van der Waals surface area contributed by atoms with Gasteiger partial charge in [0.2, 0.25) is 0 Å². The van der Waals surface area contributed by atoms with Crippen LogP contribution in [0.5, 0.6) is 5.75 Å². The highest BCUT2D eigenvalue weighted by Crippen LogP contribution is 2.20. The highest BCUT2D eigenvalue weighted by Gasteiger charge is 2.18. The van der Waals surface area contributed by atoms with Crippen molar-refractivity contribution >= 4 is 5.78 Å². The topological polar surface area (TPSA) is 29.5 Å². The summed E-state index contributed by atoms with van der Waals surface area (Å²) in [5, 5.41) is 0. The number of likely N-dealkylation sites (tertiary alicyclic amines) is 1. The maximum absolute atomic E-state index is 12.3. The van der Waals surface area contributed by atoms with E-state index in [0.29, 0.717) is 6.54 Å². The first-order valence-corrected chi connectivity index (χ1v) is 7.00. The molecular formula is C16H23NO2. The zero-order chi connectivity index (χ0) is 13.8. The Morgan fingerprint density at radius 3 is 2.63 bits per heavy atom. The molecule has 0 spiro atoms. The molecule has 0 radical (unpaired) electrons. The van der Waals surface area contributed by atoms with Gasteiger partial charge < -0.3 is 4.74 Å². The van der Waals surface area contributed by atoms with Crippen molar-refractivity contribution in [2.75, 3.05) is 26.7 Å². The predicted octanol–water partition coefficient (Wildman–Crippen LogP) is 2.92. The van der Waals surface area contributed by atoms with Crippen molar-refractivity contribution in [2.24, 2.45) is 5.92 Å². The van der Waals surface area contributed by atoms with E-state index >= 15 is 0 Å². The number of Topliss-reactive ketones (excluding diaryl/α,β-unsaturated/α-hetero) is 1. The van der Waals surface area contributed by atoms with Crippen LogP contribution in [0, 0.1) is 12.8 Å². The molecule has 1 saturated heterocycles. The lowest BCUT2D eigenvalue weighted by molar-refractivity contribution is 0.0899. The number of ketones is 1. The van der Waals surface area contributed by atoms with Crippen LogP contribution in [-0.2, 0) is 0 Å². The SMILES string of the molecule is COc1ccc(C(=O)CN2CCC(C)CC2)cc1C. The van der Waals surface area contributed by atoms with E-state index in [-0.39, 0.29) is 5.78 Å². The van der Waals surface area contributed by atoms with Gasteiger partial charge in [0.25, 0.3) is 0 Å². The minimum atomic E-state index is 0.209. The van der Waals surface area contributed by atoms with Crippen molar-refractivity contribution in [2.45, 2.75) is 26.7 Å². The van der Waals surface area contributed by atoms with Crippen molar-refractivity contribution < 1.29 is 9.53 Å². The van der Waals surface area contributed by atoms with Crippen molar-refractivity contribution in [3.63, 3.8) is 0 Å². The fourth-order valence-corrected chi connectivity index (χ4v) is 2.57. The fraction of sp³-hybridized carbons (Fsp3) is 0.562. The van der Waals surface area contributed by atoms with Gasteiger partial charge in [-0.05, 0) is 62.5 Å². The van der Waals surface area contributed by atoms with Gasteiger partial charge in [0.15, 0.2) is 5.78 Å². The van der Waals surface area contributed by atoms with Crippen molar-refractivity contribution in [3.05, 3.63) is 29.3 Å². The molecule has 1 aliphatic rings. The molecule has 0 N–H and O–H groups in total. The monoisotopic (exact) mass is 261 g/mol. The number of hydrogen-bond acceptors (Lipinski definition) is 3. The van der Waals surface area contributed by atoms with Crippen molar-refractivity contribution in [1.82, 2.24) is 4.90 Å². The zero-order valence-corrected chi connectivity index (χ0v) is 12.1. The molecule has 1 aromatic carbocycles. The number of ether oxygens (including phenoxy) is 1. The third kappa shape index (κ3) is 3.57. The average molecular weight is 261 g/mol. The summed E-state index contributed by atoms with van der Waals surface area (Å²) >= 11 is 0. The Morgan fingerprint density at radius 1 is 1.37 bits per heavy atom. The van der Waals surface area contributed by atoms with Crippen LogP contribution in [0.1, 0.15) is 35.7 Å². The van der Waals surface area contributed by atoms with Gasteiger partial charge in [-0.1, -0.05) is 6.92 Å². The molecular weight excluding hydrogens is 238 g/mol. The lowest BCUT2D eigenvalue weighted by Gasteiger charge is -2.29. The molecule has 1 aliphatic heterocycles. The first-order chi connectivity index (χ1) is 9.10. The molecule has 3 heteroatoms. The van der Waals surface area contributed by atoms with E-state index < -0.39 is 0 Å². The molecule has 0 bridgehead atoms. The predicted molar refractivity (Wildman–Crippen MR) is 76.9 cm³/mol. The van der Waals surface area contributed by atoms with Gasteiger partial charge in [0.05, 0.1) is 13.7 Å². The van der Waals surface area contributed by atoms with E-state index in [2.05, 4.69) is 11.8 Å². The minimum absolute atomic E-state index is 0.209. The highest BCUT2D eigenvalue weighted by molar-refractivity contribution is 5.98. The van der Waals surface area contributed by atoms with Gasteiger partial charge >= 0.3 is 0 Å². The van der Waals surface area contributed by atoms with E-state index in [1.807, 2.05) is 25.1 Å². The molecule has 19 heavy (non-hydrogen) atoms. The maximum atomic E-state index is 12.3. The third-order valence-corrected chi connectivity index (χ3v) is 3.96. The van der Waals surface area contributed by atoms with E-state index in [1.165, 1.54) is 12.8 Å².